The van der Waals surface area contributed by atoms with E-state index in [0.717, 1.165) is 5.69 Å². The van der Waals surface area contributed by atoms with Crippen molar-refractivity contribution in [1.82, 2.24) is 14.8 Å². The van der Waals surface area contributed by atoms with Crippen molar-refractivity contribution in [3.8, 4) is 22.9 Å². The largest absolute Gasteiger partial charge is 0.508 e. The Balaban J connectivity index is 2.00. The van der Waals surface area contributed by atoms with E-state index in [1.54, 1.807) is 36.4 Å². The van der Waals surface area contributed by atoms with Gasteiger partial charge in [0.15, 0.2) is 5.82 Å². The van der Waals surface area contributed by atoms with Crippen molar-refractivity contribution >= 4 is 23.2 Å². The van der Waals surface area contributed by atoms with E-state index < -0.39 is 0 Å². The highest BCUT2D eigenvalue weighted by molar-refractivity contribution is 6.33. The maximum Gasteiger partial charge on any atom is 0.231 e. The Bertz CT molecular complexity index is 846. The van der Waals surface area contributed by atoms with Crippen molar-refractivity contribution in [3.63, 3.8) is 0 Å². The fourth-order valence-corrected chi connectivity index (χ4v) is 2.58. The third-order valence-corrected chi connectivity index (χ3v) is 3.90. The summed E-state index contributed by atoms with van der Waals surface area (Å²) >= 11 is 6.18. The summed E-state index contributed by atoms with van der Waals surface area (Å²) in [6.45, 7) is 0. The van der Waals surface area contributed by atoms with Crippen molar-refractivity contribution < 1.29 is 10.2 Å². The SMILES string of the molecule is CN(c1ccc(O)cc1)c1nnc(-c2ccc(O)cc2Cl)n1C. The van der Waals surface area contributed by atoms with E-state index in [1.807, 2.05) is 23.6 Å². The normalized spacial score (nSPS) is 10.7. The van der Waals surface area contributed by atoms with Crippen molar-refractivity contribution in [2.75, 3.05) is 11.9 Å². The van der Waals surface area contributed by atoms with Crippen LogP contribution in [0.3, 0.4) is 0 Å². The Morgan fingerprint density at radius 2 is 1.65 bits per heavy atom. The van der Waals surface area contributed by atoms with Crippen LogP contribution in [-0.2, 0) is 7.05 Å². The standard InChI is InChI=1S/C16H15ClN4O2/c1-20(10-3-5-11(22)6-4-10)16-19-18-15(21(16)2)13-8-7-12(23)9-14(13)17/h3-9,22-23H,1-2H3. The Morgan fingerprint density at radius 3 is 2.30 bits per heavy atom. The Hall–Kier alpha value is -2.73. The zero-order valence-electron chi connectivity index (χ0n) is 12.6. The first-order valence-corrected chi connectivity index (χ1v) is 7.26. The second-order valence-corrected chi connectivity index (χ2v) is 5.53. The number of phenols is 2. The monoisotopic (exact) mass is 330 g/mol. The lowest BCUT2D eigenvalue weighted by atomic mass is 10.2. The number of benzene rings is 2. The summed E-state index contributed by atoms with van der Waals surface area (Å²) in [5.41, 5.74) is 1.55. The lowest BCUT2D eigenvalue weighted by Crippen LogP contribution is -2.14. The van der Waals surface area contributed by atoms with E-state index >= 15 is 0 Å². The second-order valence-electron chi connectivity index (χ2n) is 5.12. The molecule has 0 fully saturated rings. The van der Waals surface area contributed by atoms with Gasteiger partial charge in [-0.15, -0.1) is 10.2 Å². The number of hydrogen-bond acceptors (Lipinski definition) is 5. The summed E-state index contributed by atoms with van der Waals surface area (Å²) < 4.78 is 1.81. The number of halogens is 1. The zero-order chi connectivity index (χ0) is 16.6. The van der Waals surface area contributed by atoms with Crippen LogP contribution in [0.1, 0.15) is 0 Å². The topological polar surface area (TPSA) is 74.4 Å². The average Bonchev–Trinajstić information content (AvgIpc) is 2.89. The molecule has 6 nitrogen and oxygen atoms in total. The van der Waals surface area contributed by atoms with E-state index in [4.69, 9.17) is 11.6 Å². The molecule has 0 unspecified atom stereocenters. The second kappa shape index (κ2) is 5.81. The Labute approximate surface area is 138 Å². The van der Waals surface area contributed by atoms with Crippen LogP contribution in [0.4, 0.5) is 11.6 Å². The van der Waals surface area contributed by atoms with Crippen molar-refractivity contribution in [3.05, 3.63) is 47.5 Å². The van der Waals surface area contributed by atoms with Crippen molar-refractivity contribution in [1.29, 1.82) is 0 Å². The number of aromatic hydroxyl groups is 2. The maximum atomic E-state index is 9.46. The number of anilines is 2. The molecule has 0 atom stereocenters. The predicted octanol–water partition coefficient (Wildman–Crippen LogP) is 3.31. The lowest BCUT2D eigenvalue weighted by molar-refractivity contribution is 0.475. The average molecular weight is 331 g/mol. The molecule has 7 heteroatoms. The van der Waals surface area contributed by atoms with Gasteiger partial charge in [0.1, 0.15) is 11.5 Å². The van der Waals surface area contributed by atoms with E-state index in [0.29, 0.717) is 22.4 Å². The fraction of sp³-hybridized carbons (Fsp3) is 0.125. The molecule has 2 aromatic carbocycles. The maximum absolute atomic E-state index is 9.46. The number of aromatic nitrogens is 3. The summed E-state index contributed by atoms with van der Waals surface area (Å²) in [6.07, 6.45) is 0. The molecule has 3 rings (SSSR count). The molecule has 0 spiro atoms. The van der Waals surface area contributed by atoms with Gasteiger partial charge in [-0.3, -0.25) is 4.57 Å². The van der Waals surface area contributed by atoms with Crippen LogP contribution in [0.5, 0.6) is 11.5 Å². The molecule has 0 saturated heterocycles. The summed E-state index contributed by atoms with van der Waals surface area (Å²) in [5, 5.41) is 27.7. The van der Waals surface area contributed by atoms with Crippen molar-refractivity contribution in [2.45, 2.75) is 0 Å². The van der Waals surface area contributed by atoms with E-state index in [9.17, 15) is 10.2 Å². The fourth-order valence-electron chi connectivity index (χ4n) is 2.32. The molecule has 0 aliphatic heterocycles. The molecule has 3 aromatic rings. The van der Waals surface area contributed by atoms with Crippen LogP contribution < -0.4 is 4.90 Å². The molecule has 0 radical (unpaired) electrons. The minimum atomic E-state index is 0.0994. The Kier molecular flexibility index (Phi) is 3.83. The van der Waals surface area contributed by atoms with Crippen LogP contribution >= 0.6 is 11.6 Å². The van der Waals surface area contributed by atoms with Gasteiger partial charge in [0.2, 0.25) is 5.95 Å². The van der Waals surface area contributed by atoms with Crippen LogP contribution in [0, 0.1) is 0 Å². The molecule has 118 valence electrons. The predicted molar refractivity (Wildman–Crippen MR) is 89.3 cm³/mol. The molecule has 0 amide bonds. The minimum Gasteiger partial charge on any atom is -0.508 e. The van der Waals surface area contributed by atoms with Gasteiger partial charge in [0.05, 0.1) is 5.02 Å². The van der Waals surface area contributed by atoms with Crippen LogP contribution in [0.2, 0.25) is 5.02 Å². The first kappa shape index (κ1) is 15.2. The van der Waals surface area contributed by atoms with Gasteiger partial charge in [-0.2, -0.15) is 0 Å². The van der Waals surface area contributed by atoms with Gasteiger partial charge in [-0.25, -0.2) is 0 Å². The van der Waals surface area contributed by atoms with Crippen LogP contribution in [-0.4, -0.2) is 32.0 Å². The van der Waals surface area contributed by atoms with Crippen molar-refractivity contribution in [2.24, 2.45) is 7.05 Å². The molecule has 1 heterocycles. The third kappa shape index (κ3) is 2.80. The highest BCUT2D eigenvalue weighted by Crippen LogP contribution is 2.32. The highest BCUT2D eigenvalue weighted by atomic mass is 35.5. The van der Waals surface area contributed by atoms with Gasteiger partial charge in [-0.1, -0.05) is 11.6 Å². The quantitative estimate of drug-likeness (QED) is 0.770. The number of rotatable bonds is 3. The lowest BCUT2D eigenvalue weighted by Gasteiger charge is -2.18. The number of hydrogen-bond donors (Lipinski definition) is 2. The molecule has 0 bridgehead atoms. The van der Waals surface area contributed by atoms with Crippen LogP contribution in [0.25, 0.3) is 11.4 Å². The molecule has 0 aliphatic carbocycles. The summed E-state index contributed by atoms with van der Waals surface area (Å²) in [5.74, 6) is 1.52. The molecular formula is C16H15ClN4O2. The number of phenolic OH excluding ortho intramolecular Hbond substituents is 2. The minimum absolute atomic E-state index is 0.0994. The van der Waals surface area contributed by atoms with Gasteiger partial charge >= 0.3 is 0 Å². The molecule has 2 N–H and O–H groups in total. The molecular weight excluding hydrogens is 316 g/mol. The first-order valence-electron chi connectivity index (χ1n) is 6.88. The smallest absolute Gasteiger partial charge is 0.231 e. The summed E-state index contributed by atoms with van der Waals surface area (Å²) in [7, 11) is 3.70. The van der Waals surface area contributed by atoms with Crippen LogP contribution in [0.15, 0.2) is 42.5 Å². The van der Waals surface area contributed by atoms with E-state index in [2.05, 4.69) is 10.2 Å². The molecule has 0 saturated carbocycles. The number of nitrogens with zero attached hydrogens (tertiary/aromatic N) is 4. The third-order valence-electron chi connectivity index (χ3n) is 3.58. The van der Waals surface area contributed by atoms with Gasteiger partial charge in [0, 0.05) is 25.3 Å². The summed E-state index contributed by atoms with van der Waals surface area (Å²) in [4.78, 5) is 1.85. The summed E-state index contributed by atoms with van der Waals surface area (Å²) in [6, 6.07) is 11.5. The molecule has 23 heavy (non-hydrogen) atoms. The van der Waals surface area contributed by atoms with Gasteiger partial charge in [0.25, 0.3) is 0 Å². The van der Waals surface area contributed by atoms with E-state index in [-0.39, 0.29) is 11.5 Å². The van der Waals surface area contributed by atoms with E-state index in [1.165, 1.54) is 6.07 Å². The van der Waals surface area contributed by atoms with Gasteiger partial charge in [-0.05, 0) is 42.5 Å². The molecule has 1 aromatic heterocycles. The first-order chi connectivity index (χ1) is 11.0. The highest BCUT2D eigenvalue weighted by Gasteiger charge is 2.17. The zero-order valence-corrected chi connectivity index (χ0v) is 13.4. The Morgan fingerprint density at radius 1 is 1.00 bits per heavy atom. The molecule has 0 aliphatic rings. The van der Waals surface area contributed by atoms with Gasteiger partial charge < -0.3 is 15.1 Å².